The summed E-state index contributed by atoms with van der Waals surface area (Å²) >= 11 is 0. The van der Waals surface area contributed by atoms with Crippen LogP contribution in [0, 0.1) is 5.82 Å². The summed E-state index contributed by atoms with van der Waals surface area (Å²) in [4.78, 5) is 14.5. The van der Waals surface area contributed by atoms with Crippen molar-refractivity contribution in [3.63, 3.8) is 0 Å². The van der Waals surface area contributed by atoms with E-state index in [9.17, 15) is 30.8 Å². The fraction of sp³-hybridized carbons (Fsp3) is 0.200. The number of nitrogens with one attached hydrogen (secondary N) is 2. The molecule has 0 radical (unpaired) electrons. The molecule has 0 aliphatic rings. The highest BCUT2D eigenvalue weighted by Crippen LogP contribution is 2.28. The minimum atomic E-state index is -4.41. The number of hydrogen-bond acceptors (Lipinski definition) is 5. The van der Waals surface area contributed by atoms with Gasteiger partial charge in [-0.1, -0.05) is 56.0 Å². The lowest BCUT2D eigenvalue weighted by atomic mass is 9.93. The molecule has 3 aromatic rings. The summed E-state index contributed by atoms with van der Waals surface area (Å²) in [5.74, 6) is -1.62. The molecule has 2 aromatic carbocycles. The smallest absolute Gasteiger partial charge is 0.366 e. The van der Waals surface area contributed by atoms with Gasteiger partial charge in [0.2, 0.25) is 15.9 Å². The maximum absolute atomic E-state index is 13.7. The largest absolute Gasteiger partial charge is 0.433 e. The fourth-order valence-electron chi connectivity index (χ4n) is 2.98. The lowest BCUT2D eigenvalue weighted by Gasteiger charge is -2.14. The Labute approximate surface area is 212 Å². The Hall–Kier alpha value is -3.93. The summed E-state index contributed by atoms with van der Waals surface area (Å²) in [7, 11) is -3.54. The number of nitrogens with zero attached hydrogens (tertiary/aromatic N) is 1. The van der Waals surface area contributed by atoms with Crippen LogP contribution in [0.1, 0.15) is 29.7 Å². The number of halogens is 4. The lowest BCUT2D eigenvalue weighted by molar-refractivity contribution is -0.141. The first kappa shape index (κ1) is 29.3. The van der Waals surface area contributed by atoms with Crippen LogP contribution in [0.4, 0.5) is 29.1 Å². The molecular weight excluding hydrogens is 512 g/mol. The van der Waals surface area contributed by atoms with Crippen LogP contribution in [0.3, 0.4) is 0 Å². The number of hydrogen-bond donors (Lipinski definition) is 3. The van der Waals surface area contributed by atoms with Gasteiger partial charge in [0.05, 0.1) is 11.9 Å². The van der Waals surface area contributed by atoms with Crippen LogP contribution in [0.25, 0.3) is 0 Å². The summed E-state index contributed by atoms with van der Waals surface area (Å²) in [5, 5.41) is 2.86. The number of carbonyl (C=O) groups is 1. The van der Waals surface area contributed by atoms with E-state index in [0.717, 1.165) is 24.0 Å². The zero-order valence-corrected chi connectivity index (χ0v) is 20.8. The van der Waals surface area contributed by atoms with E-state index in [0.29, 0.717) is 12.1 Å². The van der Waals surface area contributed by atoms with Gasteiger partial charge in [-0.05, 0) is 35.4 Å². The Morgan fingerprint density at radius 2 is 1.73 bits per heavy atom. The van der Waals surface area contributed by atoms with Gasteiger partial charge in [0.15, 0.2) is 0 Å². The minimum Gasteiger partial charge on any atom is -0.366 e. The Kier molecular flexibility index (Phi) is 9.78. The van der Waals surface area contributed by atoms with Gasteiger partial charge in [-0.2, -0.15) is 13.2 Å². The fourth-order valence-corrected chi connectivity index (χ4v) is 3.54. The van der Waals surface area contributed by atoms with Gasteiger partial charge in [-0.3, -0.25) is 9.52 Å². The number of benzene rings is 2. The summed E-state index contributed by atoms with van der Waals surface area (Å²) < 4.78 is 75.1. The highest BCUT2D eigenvalue weighted by molar-refractivity contribution is 7.92. The predicted octanol–water partition coefficient (Wildman–Crippen LogP) is 5.05. The average Bonchev–Trinajstić information content (AvgIpc) is 2.83. The van der Waals surface area contributed by atoms with Crippen molar-refractivity contribution < 1.29 is 30.8 Å². The number of pyridine rings is 1. The quantitative estimate of drug-likeness (QED) is 0.274. The summed E-state index contributed by atoms with van der Waals surface area (Å²) in [6, 6.07) is 17.1. The van der Waals surface area contributed by atoms with Crippen LogP contribution in [-0.4, -0.2) is 25.6 Å². The molecule has 4 N–H and O–H groups in total. The number of aromatic nitrogens is 1. The maximum Gasteiger partial charge on any atom is 0.433 e. The topological polar surface area (TPSA) is 114 Å². The molecule has 12 heteroatoms. The van der Waals surface area contributed by atoms with Gasteiger partial charge < -0.3 is 11.1 Å². The molecule has 1 unspecified atom stereocenters. The third-order valence-electron chi connectivity index (χ3n) is 4.98. The Morgan fingerprint density at radius 3 is 2.27 bits per heavy atom. The van der Waals surface area contributed by atoms with Gasteiger partial charge in [-0.25, -0.2) is 17.8 Å². The number of carbonyl (C=O) groups excluding carboxylic acids is 1. The molecule has 0 saturated carbocycles. The Balaban J connectivity index is 0.000000260. The zero-order valence-electron chi connectivity index (χ0n) is 20.0. The first-order valence-electron chi connectivity index (χ1n) is 10.7. The second-order valence-electron chi connectivity index (χ2n) is 7.97. The summed E-state index contributed by atoms with van der Waals surface area (Å²) in [5.41, 5.74) is 5.69. The van der Waals surface area contributed by atoms with E-state index in [1.165, 1.54) is 24.3 Å². The van der Waals surface area contributed by atoms with Crippen molar-refractivity contribution in [1.29, 1.82) is 0 Å². The lowest BCUT2D eigenvalue weighted by Crippen LogP contribution is -2.17. The highest BCUT2D eigenvalue weighted by atomic mass is 32.2. The molecule has 198 valence electrons. The summed E-state index contributed by atoms with van der Waals surface area (Å²) in [6.45, 7) is 5.63. The van der Waals surface area contributed by atoms with Crippen LogP contribution in [0.5, 0.6) is 0 Å². The molecule has 3 rings (SSSR count). The molecular formula is C25H26F4N4O3S. The van der Waals surface area contributed by atoms with Gasteiger partial charge in [0.1, 0.15) is 17.3 Å². The van der Waals surface area contributed by atoms with Gasteiger partial charge in [0, 0.05) is 18.0 Å². The van der Waals surface area contributed by atoms with Crippen LogP contribution in [0.15, 0.2) is 78.9 Å². The molecule has 0 spiro atoms. The molecule has 1 atom stereocenters. The van der Waals surface area contributed by atoms with Crippen LogP contribution in [0.2, 0.25) is 0 Å². The van der Waals surface area contributed by atoms with Gasteiger partial charge in [0.25, 0.3) is 0 Å². The molecule has 0 aliphatic heterocycles. The standard InChI is InChI=1S/C13H11F3N2.C12H15FN2O3S/c14-13(15,16)11-7-4-8-12(18-11)17-9-10-5-2-1-3-6-10;1-7(8(2)12(14)16)9-4-5-11(10(13)6-9)15-19(3,17)18/h1-8H,9H2,(H,17,18);4-7,15H,2H2,1,3H3,(H2,14,16). The number of rotatable bonds is 8. The number of nitrogens with two attached hydrogens (primary N) is 1. The maximum atomic E-state index is 13.7. The number of sulfonamides is 1. The second kappa shape index (κ2) is 12.3. The van der Waals surface area contributed by atoms with Crippen LogP contribution in [-0.2, 0) is 27.5 Å². The van der Waals surface area contributed by atoms with Crippen molar-refractivity contribution in [2.45, 2.75) is 25.6 Å². The molecule has 1 amide bonds. The SMILES string of the molecule is C=C(C(N)=O)C(C)c1ccc(NS(C)(=O)=O)c(F)c1.FC(F)(F)c1cccc(NCc2ccccc2)n1. The first-order valence-corrected chi connectivity index (χ1v) is 12.6. The number of primary amides is 1. The Morgan fingerprint density at radius 1 is 1.08 bits per heavy atom. The number of anilines is 2. The van der Waals surface area contributed by atoms with Crippen molar-refractivity contribution in [1.82, 2.24) is 4.98 Å². The summed E-state index contributed by atoms with van der Waals surface area (Å²) in [6.07, 6.45) is -3.48. The van der Waals surface area contributed by atoms with Crippen molar-refractivity contribution in [2.75, 3.05) is 16.3 Å². The van der Waals surface area contributed by atoms with Gasteiger partial charge in [-0.15, -0.1) is 0 Å². The molecule has 37 heavy (non-hydrogen) atoms. The van der Waals surface area contributed by atoms with E-state index >= 15 is 0 Å². The normalized spacial score (nSPS) is 12.1. The third-order valence-corrected chi connectivity index (χ3v) is 5.57. The highest BCUT2D eigenvalue weighted by Gasteiger charge is 2.32. The van der Waals surface area contributed by atoms with E-state index in [4.69, 9.17) is 5.73 Å². The molecule has 1 heterocycles. The van der Waals surface area contributed by atoms with E-state index in [1.807, 2.05) is 30.3 Å². The van der Waals surface area contributed by atoms with E-state index < -0.39 is 39.5 Å². The van der Waals surface area contributed by atoms with Crippen LogP contribution >= 0.6 is 0 Å². The Bertz CT molecular complexity index is 1350. The van der Waals surface area contributed by atoms with E-state index in [1.54, 1.807) is 6.92 Å². The van der Waals surface area contributed by atoms with Crippen LogP contribution < -0.4 is 15.8 Å². The predicted molar refractivity (Wildman–Crippen MR) is 135 cm³/mol. The van der Waals surface area contributed by atoms with Gasteiger partial charge >= 0.3 is 6.18 Å². The van der Waals surface area contributed by atoms with E-state index in [2.05, 4.69) is 21.6 Å². The second-order valence-corrected chi connectivity index (χ2v) is 9.72. The zero-order chi connectivity index (χ0) is 27.8. The third kappa shape index (κ3) is 9.56. The monoisotopic (exact) mass is 538 g/mol. The van der Waals surface area contributed by atoms with Crippen molar-refractivity contribution in [3.8, 4) is 0 Å². The van der Waals surface area contributed by atoms with Crippen molar-refractivity contribution in [2.24, 2.45) is 5.73 Å². The number of amides is 1. The van der Waals surface area contributed by atoms with Crippen molar-refractivity contribution in [3.05, 3.63) is 102 Å². The average molecular weight is 539 g/mol. The molecule has 7 nitrogen and oxygen atoms in total. The molecule has 0 aliphatic carbocycles. The first-order chi connectivity index (χ1) is 17.2. The van der Waals surface area contributed by atoms with Crippen molar-refractivity contribution >= 4 is 27.4 Å². The molecule has 0 fully saturated rings. The minimum absolute atomic E-state index is 0.150. The molecule has 1 aromatic heterocycles. The molecule has 0 bridgehead atoms. The van der Waals surface area contributed by atoms with E-state index in [-0.39, 0.29) is 17.1 Å². The molecule has 0 saturated heterocycles. The number of alkyl halides is 3.